The quantitative estimate of drug-likeness (QED) is 0.667. The first-order valence-electron chi connectivity index (χ1n) is 8.28. The Kier molecular flexibility index (Phi) is 6.09. The van der Waals surface area contributed by atoms with Gasteiger partial charge in [-0.25, -0.2) is 0 Å². The van der Waals surface area contributed by atoms with E-state index in [1.54, 1.807) is 24.7 Å². The van der Waals surface area contributed by atoms with E-state index < -0.39 is 0 Å². The molecule has 1 heterocycles. The Morgan fingerprint density at radius 2 is 1.77 bits per heavy atom. The largest absolute Gasteiger partial charge is 0.491 e. The molecule has 0 radical (unpaired) electrons. The molecule has 0 aliphatic carbocycles. The van der Waals surface area contributed by atoms with Crippen molar-refractivity contribution in [3.8, 4) is 5.75 Å². The number of amides is 1. The second-order valence-corrected chi connectivity index (χ2v) is 5.56. The number of aromatic nitrogens is 2. The smallest absolute Gasteiger partial charge is 0.244 e. The molecular weight excluding hydrogens is 326 g/mol. The van der Waals surface area contributed by atoms with Crippen LogP contribution in [0.5, 0.6) is 5.75 Å². The van der Waals surface area contributed by atoms with Crippen molar-refractivity contribution < 1.29 is 9.53 Å². The van der Waals surface area contributed by atoms with Gasteiger partial charge in [0.2, 0.25) is 5.91 Å². The maximum atomic E-state index is 12.3. The lowest BCUT2D eigenvalue weighted by Gasteiger charge is -2.19. The number of nitrogens with zero attached hydrogens (tertiary/aromatic N) is 2. The summed E-state index contributed by atoms with van der Waals surface area (Å²) in [4.78, 5) is 20.4. The van der Waals surface area contributed by atoms with Gasteiger partial charge in [0, 0.05) is 18.5 Å². The van der Waals surface area contributed by atoms with Crippen LogP contribution < -0.4 is 10.1 Å². The summed E-state index contributed by atoms with van der Waals surface area (Å²) < 4.78 is 5.83. The second-order valence-electron chi connectivity index (χ2n) is 5.56. The van der Waals surface area contributed by atoms with Gasteiger partial charge in [-0.15, -0.1) is 0 Å². The Morgan fingerprint density at radius 3 is 2.46 bits per heavy atom. The number of ether oxygens (including phenoxy) is 1. The van der Waals surface area contributed by atoms with Gasteiger partial charge in [0.25, 0.3) is 0 Å². The number of carbonyl (C=O) groups is 1. The van der Waals surface area contributed by atoms with E-state index in [0.717, 1.165) is 11.3 Å². The van der Waals surface area contributed by atoms with Crippen molar-refractivity contribution in [2.75, 3.05) is 6.61 Å². The molecule has 26 heavy (non-hydrogen) atoms. The molecule has 0 saturated heterocycles. The van der Waals surface area contributed by atoms with Crippen molar-refractivity contribution in [3.05, 3.63) is 96.6 Å². The van der Waals surface area contributed by atoms with Crippen LogP contribution in [0.3, 0.4) is 0 Å². The maximum absolute atomic E-state index is 12.3. The molecule has 1 N–H and O–H groups in total. The lowest BCUT2D eigenvalue weighted by molar-refractivity contribution is -0.117. The average Bonchev–Trinajstić information content (AvgIpc) is 2.72. The van der Waals surface area contributed by atoms with Crippen LogP contribution in [-0.2, 0) is 4.79 Å². The Labute approximate surface area is 152 Å². The van der Waals surface area contributed by atoms with Gasteiger partial charge in [-0.2, -0.15) is 0 Å². The highest BCUT2D eigenvalue weighted by molar-refractivity contribution is 5.91. The molecule has 0 saturated carbocycles. The van der Waals surface area contributed by atoms with Crippen LogP contribution in [0.4, 0.5) is 0 Å². The number of hydrogen-bond acceptors (Lipinski definition) is 4. The normalized spacial score (nSPS) is 11.8. The van der Waals surface area contributed by atoms with E-state index in [1.807, 2.05) is 60.7 Å². The van der Waals surface area contributed by atoms with Gasteiger partial charge >= 0.3 is 0 Å². The average molecular weight is 345 g/mol. The molecule has 5 heteroatoms. The summed E-state index contributed by atoms with van der Waals surface area (Å²) in [6.45, 7) is 0.332. The molecule has 2 aromatic carbocycles. The summed E-state index contributed by atoms with van der Waals surface area (Å²) in [7, 11) is 0. The fourth-order valence-electron chi connectivity index (χ4n) is 2.38. The van der Waals surface area contributed by atoms with E-state index in [1.165, 1.54) is 6.08 Å². The first kappa shape index (κ1) is 17.4. The number of carbonyl (C=O) groups excluding carboxylic acids is 1. The Hall–Kier alpha value is -3.47. The monoisotopic (exact) mass is 345 g/mol. The zero-order valence-electron chi connectivity index (χ0n) is 14.2. The van der Waals surface area contributed by atoms with Gasteiger partial charge in [-0.3, -0.25) is 14.8 Å². The molecule has 5 nitrogen and oxygen atoms in total. The number of nitrogens with one attached hydrogen (secondary N) is 1. The third kappa shape index (κ3) is 5.27. The predicted molar refractivity (Wildman–Crippen MR) is 100 cm³/mol. The van der Waals surface area contributed by atoms with Gasteiger partial charge < -0.3 is 10.1 Å². The molecule has 0 bridgehead atoms. The van der Waals surface area contributed by atoms with Crippen LogP contribution in [0.2, 0.25) is 0 Å². The number of benzene rings is 2. The molecule has 3 aromatic rings. The fraction of sp³-hybridized carbons (Fsp3) is 0.0952. The molecule has 1 aromatic heterocycles. The van der Waals surface area contributed by atoms with E-state index in [-0.39, 0.29) is 11.9 Å². The summed E-state index contributed by atoms with van der Waals surface area (Å²) in [5, 5.41) is 2.97. The van der Waals surface area contributed by atoms with Crippen molar-refractivity contribution in [3.63, 3.8) is 0 Å². The number of para-hydroxylation sites is 1. The number of hydrogen-bond donors (Lipinski definition) is 1. The topological polar surface area (TPSA) is 64.1 Å². The summed E-state index contributed by atoms with van der Waals surface area (Å²) >= 11 is 0. The Balaban J connectivity index is 1.67. The van der Waals surface area contributed by atoms with Gasteiger partial charge in [-0.05, 0) is 23.8 Å². The lowest BCUT2D eigenvalue weighted by atomic mass is 10.1. The zero-order valence-corrected chi connectivity index (χ0v) is 14.2. The summed E-state index contributed by atoms with van der Waals surface area (Å²) in [6, 6.07) is 19.0. The van der Waals surface area contributed by atoms with Crippen molar-refractivity contribution >= 4 is 12.0 Å². The third-order valence-corrected chi connectivity index (χ3v) is 3.67. The van der Waals surface area contributed by atoms with Gasteiger partial charge in [-0.1, -0.05) is 48.5 Å². The third-order valence-electron chi connectivity index (χ3n) is 3.67. The number of rotatable bonds is 7. The fourth-order valence-corrected chi connectivity index (χ4v) is 2.38. The summed E-state index contributed by atoms with van der Waals surface area (Å²) in [6.07, 6.45) is 7.84. The highest BCUT2D eigenvalue weighted by atomic mass is 16.5. The van der Waals surface area contributed by atoms with Gasteiger partial charge in [0.05, 0.1) is 17.9 Å². The summed E-state index contributed by atoms with van der Waals surface area (Å²) in [5.41, 5.74) is 1.60. The molecule has 0 aliphatic heterocycles. The molecule has 0 aliphatic rings. The molecular formula is C21H19N3O2. The van der Waals surface area contributed by atoms with Crippen molar-refractivity contribution in [2.45, 2.75) is 6.04 Å². The molecule has 3 rings (SSSR count). The summed E-state index contributed by atoms with van der Waals surface area (Å²) in [5.74, 6) is 0.541. The van der Waals surface area contributed by atoms with Crippen LogP contribution in [0, 0.1) is 0 Å². The van der Waals surface area contributed by atoms with E-state index in [4.69, 9.17) is 4.74 Å². The minimum atomic E-state index is -0.268. The van der Waals surface area contributed by atoms with Crippen LogP contribution >= 0.6 is 0 Å². The second kappa shape index (κ2) is 9.13. The van der Waals surface area contributed by atoms with Gasteiger partial charge in [0.15, 0.2) is 0 Å². The van der Waals surface area contributed by atoms with E-state index in [0.29, 0.717) is 12.3 Å². The van der Waals surface area contributed by atoms with Crippen LogP contribution in [-0.4, -0.2) is 22.5 Å². The van der Waals surface area contributed by atoms with Gasteiger partial charge in [0.1, 0.15) is 12.4 Å². The highest BCUT2D eigenvalue weighted by Crippen LogP contribution is 2.16. The van der Waals surface area contributed by atoms with Crippen LogP contribution in [0.25, 0.3) is 6.08 Å². The van der Waals surface area contributed by atoms with Crippen LogP contribution in [0.1, 0.15) is 17.3 Å². The SMILES string of the molecule is O=C(/C=C/c1cnccn1)NC(COc1ccccc1)c1ccccc1. The van der Waals surface area contributed by atoms with Crippen molar-refractivity contribution in [1.82, 2.24) is 15.3 Å². The van der Waals surface area contributed by atoms with E-state index in [9.17, 15) is 4.79 Å². The minimum Gasteiger partial charge on any atom is -0.491 e. The van der Waals surface area contributed by atoms with E-state index in [2.05, 4.69) is 15.3 Å². The molecule has 1 amide bonds. The molecule has 1 unspecified atom stereocenters. The van der Waals surface area contributed by atoms with Crippen molar-refractivity contribution in [1.29, 1.82) is 0 Å². The molecule has 0 fully saturated rings. The maximum Gasteiger partial charge on any atom is 0.244 e. The first-order valence-corrected chi connectivity index (χ1v) is 8.28. The lowest BCUT2D eigenvalue weighted by Crippen LogP contribution is -2.31. The van der Waals surface area contributed by atoms with E-state index >= 15 is 0 Å². The molecule has 130 valence electrons. The minimum absolute atomic E-state index is 0.221. The molecule has 1 atom stereocenters. The zero-order chi connectivity index (χ0) is 18.0. The Morgan fingerprint density at radius 1 is 1.04 bits per heavy atom. The van der Waals surface area contributed by atoms with Crippen LogP contribution in [0.15, 0.2) is 85.3 Å². The highest BCUT2D eigenvalue weighted by Gasteiger charge is 2.14. The standard InChI is InChI=1S/C21H19N3O2/c25-21(12-11-18-15-22-13-14-23-18)24-20(17-7-3-1-4-8-17)16-26-19-9-5-2-6-10-19/h1-15,20H,16H2,(H,24,25)/b12-11+. The molecule has 0 spiro atoms. The predicted octanol–water partition coefficient (Wildman–Crippen LogP) is 3.43. The Bertz CT molecular complexity index is 837. The van der Waals surface area contributed by atoms with Crippen molar-refractivity contribution in [2.24, 2.45) is 0 Å². The first-order chi connectivity index (χ1) is 12.8.